The van der Waals surface area contributed by atoms with Gasteiger partial charge in [-0.15, -0.1) is 0 Å². The molecular weight excluding hydrogens is 268 g/mol. The molecule has 6 heteroatoms. The molecule has 0 atom stereocenters. The van der Waals surface area contributed by atoms with Crippen molar-refractivity contribution in [3.8, 4) is 0 Å². The van der Waals surface area contributed by atoms with Crippen LogP contribution in [0.3, 0.4) is 0 Å². The van der Waals surface area contributed by atoms with Crippen LogP contribution in [0, 0.1) is 5.92 Å². The van der Waals surface area contributed by atoms with Crippen molar-refractivity contribution in [1.29, 1.82) is 0 Å². The molecular formula is C15H20N4O2. The first-order valence-electron chi connectivity index (χ1n) is 7.06. The van der Waals surface area contributed by atoms with Gasteiger partial charge in [-0.2, -0.15) is 5.10 Å². The number of piperidine rings is 1. The van der Waals surface area contributed by atoms with Crippen LogP contribution in [0.1, 0.15) is 25.3 Å². The smallest absolute Gasteiger partial charge is 0.243 e. The fourth-order valence-electron chi connectivity index (χ4n) is 2.20. The number of nitrogens with zero attached hydrogens (tertiary/aromatic N) is 1. The molecule has 2 rings (SSSR count). The second-order valence-corrected chi connectivity index (χ2v) is 5.06. The third-order valence-corrected chi connectivity index (χ3v) is 3.33. The average Bonchev–Trinajstić information content (AvgIpc) is 2.49. The molecule has 0 saturated carbocycles. The summed E-state index contributed by atoms with van der Waals surface area (Å²) in [6, 6.07) is 7.23. The summed E-state index contributed by atoms with van der Waals surface area (Å²) in [6.45, 7) is 3.23. The first-order chi connectivity index (χ1) is 10.1. The number of carbonyl (C=O) groups is 2. The Hall–Kier alpha value is -2.21. The summed E-state index contributed by atoms with van der Waals surface area (Å²) in [5.74, 6) is -0.0844. The molecule has 0 unspecified atom stereocenters. The molecule has 1 aromatic carbocycles. The van der Waals surface area contributed by atoms with Gasteiger partial charge in [0.2, 0.25) is 11.8 Å². The van der Waals surface area contributed by atoms with Crippen molar-refractivity contribution in [3.63, 3.8) is 0 Å². The van der Waals surface area contributed by atoms with Gasteiger partial charge in [0.25, 0.3) is 0 Å². The van der Waals surface area contributed by atoms with E-state index < -0.39 is 0 Å². The fraction of sp³-hybridized carbons (Fsp3) is 0.400. The lowest BCUT2D eigenvalue weighted by Gasteiger charge is -2.20. The molecule has 2 amide bonds. The molecule has 1 saturated heterocycles. The molecule has 0 bridgehead atoms. The van der Waals surface area contributed by atoms with E-state index in [1.54, 1.807) is 18.3 Å². The maximum absolute atomic E-state index is 11.9. The van der Waals surface area contributed by atoms with Crippen molar-refractivity contribution < 1.29 is 9.59 Å². The van der Waals surface area contributed by atoms with E-state index in [4.69, 9.17) is 0 Å². The Morgan fingerprint density at radius 1 is 1.24 bits per heavy atom. The SMILES string of the molecule is CC(=O)Nc1ccc(/C=N/NC(=O)C2CCNCC2)cc1. The van der Waals surface area contributed by atoms with Crippen LogP contribution in [0.5, 0.6) is 0 Å². The third kappa shape index (κ3) is 5.00. The van der Waals surface area contributed by atoms with Crippen LogP contribution in [0.4, 0.5) is 5.69 Å². The second kappa shape index (κ2) is 7.54. The number of rotatable bonds is 4. The molecule has 1 heterocycles. The monoisotopic (exact) mass is 288 g/mol. The molecule has 21 heavy (non-hydrogen) atoms. The number of anilines is 1. The van der Waals surface area contributed by atoms with E-state index in [2.05, 4.69) is 21.2 Å². The Kier molecular flexibility index (Phi) is 5.45. The lowest BCUT2D eigenvalue weighted by molar-refractivity contribution is -0.125. The van der Waals surface area contributed by atoms with E-state index in [1.165, 1.54) is 6.92 Å². The highest BCUT2D eigenvalue weighted by Gasteiger charge is 2.20. The zero-order valence-corrected chi connectivity index (χ0v) is 12.1. The molecule has 1 fully saturated rings. The predicted octanol–water partition coefficient (Wildman–Crippen LogP) is 1.09. The predicted molar refractivity (Wildman–Crippen MR) is 82.1 cm³/mol. The van der Waals surface area contributed by atoms with Crippen LogP contribution >= 0.6 is 0 Å². The highest BCUT2D eigenvalue weighted by atomic mass is 16.2. The van der Waals surface area contributed by atoms with Gasteiger partial charge in [0.1, 0.15) is 0 Å². The van der Waals surface area contributed by atoms with Crippen LogP contribution in [0.15, 0.2) is 29.4 Å². The fourth-order valence-corrected chi connectivity index (χ4v) is 2.20. The topological polar surface area (TPSA) is 82.6 Å². The lowest BCUT2D eigenvalue weighted by Crippen LogP contribution is -2.36. The van der Waals surface area contributed by atoms with Gasteiger partial charge in [0, 0.05) is 18.5 Å². The van der Waals surface area contributed by atoms with E-state index in [9.17, 15) is 9.59 Å². The number of carbonyl (C=O) groups excluding carboxylic acids is 2. The van der Waals surface area contributed by atoms with Crippen molar-refractivity contribution in [1.82, 2.24) is 10.7 Å². The number of hydrogen-bond acceptors (Lipinski definition) is 4. The number of hydrazone groups is 1. The summed E-state index contributed by atoms with van der Waals surface area (Å²) in [6.07, 6.45) is 3.30. The Labute approximate surface area is 124 Å². The van der Waals surface area contributed by atoms with Crippen molar-refractivity contribution in [3.05, 3.63) is 29.8 Å². The highest BCUT2D eigenvalue weighted by Crippen LogP contribution is 2.11. The van der Waals surface area contributed by atoms with Crippen molar-refractivity contribution >= 4 is 23.7 Å². The van der Waals surface area contributed by atoms with Gasteiger partial charge in [-0.3, -0.25) is 9.59 Å². The van der Waals surface area contributed by atoms with Crippen LogP contribution < -0.4 is 16.1 Å². The normalized spacial score (nSPS) is 15.9. The molecule has 0 aromatic heterocycles. The molecule has 0 spiro atoms. The number of nitrogens with one attached hydrogen (secondary N) is 3. The summed E-state index contributed by atoms with van der Waals surface area (Å²) in [5, 5.41) is 9.89. The summed E-state index contributed by atoms with van der Waals surface area (Å²) < 4.78 is 0. The molecule has 0 aliphatic carbocycles. The van der Waals surface area contributed by atoms with Gasteiger partial charge in [-0.1, -0.05) is 12.1 Å². The largest absolute Gasteiger partial charge is 0.326 e. The van der Waals surface area contributed by atoms with Gasteiger partial charge in [-0.25, -0.2) is 5.43 Å². The number of benzene rings is 1. The van der Waals surface area contributed by atoms with Crippen LogP contribution in [0.25, 0.3) is 0 Å². The van der Waals surface area contributed by atoms with E-state index >= 15 is 0 Å². The lowest BCUT2D eigenvalue weighted by atomic mass is 9.98. The first-order valence-corrected chi connectivity index (χ1v) is 7.06. The van der Waals surface area contributed by atoms with Crippen LogP contribution in [-0.2, 0) is 9.59 Å². The molecule has 0 radical (unpaired) electrons. The Morgan fingerprint density at radius 2 is 1.90 bits per heavy atom. The van der Waals surface area contributed by atoms with Crippen molar-refractivity contribution in [2.45, 2.75) is 19.8 Å². The number of hydrogen-bond donors (Lipinski definition) is 3. The minimum atomic E-state index is -0.106. The Balaban J connectivity index is 1.83. The van der Waals surface area contributed by atoms with Gasteiger partial charge in [0.05, 0.1) is 6.21 Å². The summed E-state index contributed by atoms with van der Waals surface area (Å²) in [4.78, 5) is 22.8. The number of amides is 2. The van der Waals surface area contributed by atoms with E-state index in [0.29, 0.717) is 0 Å². The van der Waals surface area contributed by atoms with Crippen LogP contribution in [-0.4, -0.2) is 31.1 Å². The van der Waals surface area contributed by atoms with E-state index in [1.807, 2.05) is 12.1 Å². The minimum absolute atomic E-state index is 0.0254. The second-order valence-electron chi connectivity index (χ2n) is 5.06. The molecule has 1 aliphatic rings. The molecule has 112 valence electrons. The highest BCUT2D eigenvalue weighted by molar-refractivity contribution is 5.89. The summed E-state index contributed by atoms with van der Waals surface area (Å²) >= 11 is 0. The summed E-state index contributed by atoms with van der Waals surface area (Å²) in [5.41, 5.74) is 4.17. The summed E-state index contributed by atoms with van der Waals surface area (Å²) in [7, 11) is 0. The quantitative estimate of drug-likeness (QED) is 0.573. The molecule has 3 N–H and O–H groups in total. The Morgan fingerprint density at radius 3 is 2.52 bits per heavy atom. The average molecular weight is 288 g/mol. The maximum Gasteiger partial charge on any atom is 0.243 e. The first kappa shape index (κ1) is 15.2. The van der Waals surface area contributed by atoms with Gasteiger partial charge in [-0.05, 0) is 43.6 Å². The Bertz CT molecular complexity index is 519. The molecule has 6 nitrogen and oxygen atoms in total. The van der Waals surface area contributed by atoms with Gasteiger partial charge < -0.3 is 10.6 Å². The third-order valence-electron chi connectivity index (χ3n) is 3.33. The standard InChI is InChI=1S/C15H20N4O2/c1-11(20)18-14-4-2-12(3-5-14)10-17-19-15(21)13-6-8-16-9-7-13/h2-5,10,13,16H,6-9H2,1H3,(H,18,20)(H,19,21)/b17-10+. The zero-order chi connectivity index (χ0) is 15.1. The van der Waals surface area contributed by atoms with Crippen molar-refractivity contribution in [2.24, 2.45) is 11.0 Å². The molecule has 1 aromatic rings. The van der Waals surface area contributed by atoms with E-state index in [0.717, 1.165) is 37.2 Å². The van der Waals surface area contributed by atoms with Gasteiger partial charge >= 0.3 is 0 Å². The van der Waals surface area contributed by atoms with Crippen LogP contribution in [0.2, 0.25) is 0 Å². The minimum Gasteiger partial charge on any atom is -0.326 e. The van der Waals surface area contributed by atoms with Crippen molar-refractivity contribution in [2.75, 3.05) is 18.4 Å². The van der Waals surface area contributed by atoms with E-state index in [-0.39, 0.29) is 17.7 Å². The molecule has 1 aliphatic heterocycles. The zero-order valence-electron chi connectivity index (χ0n) is 12.1. The maximum atomic E-state index is 11.9. The van der Waals surface area contributed by atoms with Gasteiger partial charge in [0.15, 0.2) is 0 Å².